The Kier molecular flexibility index (Phi) is 5.31. The molecule has 134 valence electrons. The van der Waals surface area contributed by atoms with Crippen molar-refractivity contribution in [2.75, 3.05) is 7.11 Å². The van der Waals surface area contributed by atoms with E-state index in [1.54, 1.807) is 20.8 Å². The first kappa shape index (κ1) is 19.1. The van der Waals surface area contributed by atoms with E-state index in [-0.39, 0.29) is 22.0 Å². The van der Waals surface area contributed by atoms with Gasteiger partial charge in [-0.25, -0.2) is 14.2 Å². The molecular weight excluding hydrogens is 352 g/mol. The first-order valence-corrected chi connectivity index (χ1v) is 7.60. The van der Waals surface area contributed by atoms with Crippen LogP contribution in [0.25, 0.3) is 10.9 Å². The third kappa shape index (κ3) is 4.25. The Balaban J connectivity index is 2.70. The molecule has 0 amide bonds. The highest BCUT2D eigenvalue weighted by atomic mass is 35.5. The van der Waals surface area contributed by atoms with Gasteiger partial charge in [0.05, 0.1) is 23.2 Å². The van der Waals surface area contributed by atoms with Crippen molar-refractivity contribution in [3.05, 3.63) is 28.8 Å². The monoisotopic (exact) mass is 369 g/mol. The topological polar surface area (TPSA) is 107 Å². The van der Waals surface area contributed by atoms with E-state index in [0.717, 1.165) is 4.57 Å². The number of ether oxygens (including phenoxy) is 2. The van der Waals surface area contributed by atoms with Crippen LogP contribution in [-0.2, 0) is 9.47 Å². The Labute approximate surface area is 149 Å². The minimum absolute atomic E-state index is 0.110. The van der Waals surface area contributed by atoms with E-state index < -0.39 is 25.0 Å². The molecular formula is C15H17BClNO7. The number of carbonyl (C=O) groups is 2. The zero-order valence-electron chi connectivity index (χ0n) is 14.1. The summed E-state index contributed by atoms with van der Waals surface area (Å²) in [7, 11) is -0.950. The van der Waals surface area contributed by atoms with Gasteiger partial charge in [-0.1, -0.05) is 11.6 Å². The highest BCUT2D eigenvalue weighted by molar-refractivity contribution is 6.36. The van der Waals surface area contributed by atoms with Gasteiger partial charge in [0.2, 0.25) is 0 Å². The van der Waals surface area contributed by atoms with Gasteiger partial charge in [-0.05, 0) is 32.9 Å². The van der Waals surface area contributed by atoms with E-state index in [2.05, 4.69) is 4.74 Å². The predicted molar refractivity (Wildman–Crippen MR) is 90.7 cm³/mol. The number of esters is 1. The molecule has 2 rings (SSSR count). The van der Waals surface area contributed by atoms with Gasteiger partial charge in [-0.3, -0.25) is 0 Å². The van der Waals surface area contributed by atoms with Crippen molar-refractivity contribution in [2.24, 2.45) is 0 Å². The zero-order valence-corrected chi connectivity index (χ0v) is 14.8. The van der Waals surface area contributed by atoms with E-state index in [1.165, 1.54) is 25.3 Å². The summed E-state index contributed by atoms with van der Waals surface area (Å²) in [5, 5.41) is 18.7. The van der Waals surface area contributed by atoms with Crippen LogP contribution in [-0.4, -0.2) is 46.7 Å². The fourth-order valence-corrected chi connectivity index (χ4v) is 2.43. The molecule has 0 radical (unpaired) electrons. The van der Waals surface area contributed by atoms with Gasteiger partial charge in [-0.15, -0.1) is 0 Å². The second-order valence-corrected chi connectivity index (χ2v) is 6.53. The highest BCUT2D eigenvalue weighted by Gasteiger charge is 2.27. The number of hydrogen-bond acceptors (Lipinski definition) is 7. The lowest BCUT2D eigenvalue weighted by Gasteiger charge is -2.21. The molecule has 0 saturated heterocycles. The van der Waals surface area contributed by atoms with Crippen molar-refractivity contribution in [3.63, 3.8) is 0 Å². The van der Waals surface area contributed by atoms with E-state index in [1.807, 2.05) is 0 Å². The second kappa shape index (κ2) is 6.95. The molecule has 0 aliphatic rings. The number of halogens is 1. The predicted octanol–water partition coefficient (Wildman–Crippen LogP) is 2.21. The fraction of sp³-hybridized carbons (Fsp3) is 0.333. The van der Waals surface area contributed by atoms with E-state index >= 15 is 0 Å². The number of aromatic nitrogens is 1. The van der Waals surface area contributed by atoms with Gasteiger partial charge in [0, 0.05) is 11.5 Å². The smallest absolute Gasteiger partial charge is 0.498 e. The van der Waals surface area contributed by atoms with Crippen LogP contribution in [0, 0.1) is 0 Å². The summed E-state index contributed by atoms with van der Waals surface area (Å²) in [6.07, 6.45) is -0.837. The van der Waals surface area contributed by atoms with Crippen molar-refractivity contribution in [1.29, 1.82) is 0 Å². The minimum Gasteiger partial charge on any atom is -0.498 e. The zero-order chi connectivity index (χ0) is 18.9. The van der Waals surface area contributed by atoms with Gasteiger partial charge in [0.15, 0.2) is 5.88 Å². The number of rotatable bonds is 3. The molecule has 0 spiro atoms. The molecule has 1 aromatic heterocycles. The van der Waals surface area contributed by atoms with Crippen LogP contribution >= 0.6 is 11.6 Å². The van der Waals surface area contributed by atoms with Gasteiger partial charge >= 0.3 is 19.4 Å². The van der Waals surface area contributed by atoms with Crippen LogP contribution in [0.3, 0.4) is 0 Å². The van der Waals surface area contributed by atoms with E-state index in [9.17, 15) is 9.59 Å². The Morgan fingerprint density at radius 1 is 1.20 bits per heavy atom. The van der Waals surface area contributed by atoms with E-state index in [4.69, 9.17) is 31.0 Å². The summed E-state index contributed by atoms with van der Waals surface area (Å²) in [6, 6.07) is 4.07. The molecule has 0 fully saturated rings. The third-order valence-electron chi connectivity index (χ3n) is 3.06. The van der Waals surface area contributed by atoms with Gasteiger partial charge in [-0.2, -0.15) is 0 Å². The summed E-state index contributed by atoms with van der Waals surface area (Å²) < 4.78 is 15.8. The number of nitrogens with zero attached hydrogens (tertiary/aromatic N) is 1. The Morgan fingerprint density at radius 2 is 1.84 bits per heavy atom. The van der Waals surface area contributed by atoms with Crippen LogP contribution < -0.4 is 4.65 Å². The third-order valence-corrected chi connectivity index (χ3v) is 3.37. The maximum Gasteiger partial charge on any atom is 0.708 e. The molecule has 10 heteroatoms. The molecule has 0 aliphatic heterocycles. The molecule has 1 heterocycles. The Bertz CT molecular complexity index is 825. The minimum atomic E-state index is -2.16. The summed E-state index contributed by atoms with van der Waals surface area (Å²) in [5.41, 5.74) is -0.510. The summed E-state index contributed by atoms with van der Waals surface area (Å²) in [5.74, 6) is -0.853. The van der Waals surface area contributed by atoms with Crippen molar-refractivity contribution in [1.82, 2.24) is 4.57 Å². The lowest BCUT2D eigenvalue weighted by Crippen LogP contribution is -2.29. The maximum absolute atomic E-state index is 12.5. The molecule has 25 heavy (non-hydrogen) atoms. The average molecular weight is 370 g/mol. The highest BCUT2D eigenvalue weighted by Crippen LogP contribution is 2.33. The first-order chi connectivity index (χ1) is 11.5. The van der Waals surface area contributed by atoms with E-state index in [0.29, 0.717) is 5.39 Å². The molecule has 0 unspecified atom stereocenters. The molecule has 1 aromatic carbocycles. The number of carbonyl (C=O) groups excluding carboxylic acids is 2. The van der Waals surface area contributed by atoms with Crippen molar-refractivity contribution in [2.45, 2.75) is 26.4 Å². The Hall–Kier alpha value is -2.23. The van der Waals surface area contributed by atoms with Crippen LogP contribution in [0.5, 0.6) is 5.88 Å². The Morgan fingerprint density at radius 3 is 2.36 bits per heavy atom. The van der Waals surface area contributed by atoms with Crippen molar-refractivity contribution >= 4 is 41.9 Å². The van der Waals surface area contributed by atoms with Gasteiger partial charge in [0.1, 0.15) is 5.60 Å². The number of benzene rings is 1. The summed E-state index contributed by atoms with van der Waals surface area (Å²) in [4.78, 5) is 24.3. The van der Waals surface area contributed by atoms with Crippen LogP contribution in [0.4, 0.5) is 4.79 Å². The number of fused-ring (bicyclic) bond motifs is 1. The van der Waals surface area contributed by atoms with Crippen LogP contribution in [0.1, 0.15) is 31.1 Å². The quantitative estimate of drug-likeness (QED) is 0.631. The average Bonchev–Trinajstić information content (AvgIpc) is 2.82. The number of hydrogen-bond donors (Lipinski definition) is 2. The largest absolute Gasteiger partial charge is 0.708 e. The number of methoxy groups -OCH3 is 1. The molecule has 2 aromatic rings. The second-order valence-electron chi connectivity index (χ2n) is 6.12. The molecule has 0 atom stereocenters. The fourth-order valence-electron chi connectivity index (χ4n) is 2.16. The standard InChI is InChI=1S/C15H17BClNO7/c1-15(2,3)24-14(20)18-11-6-8(13(19)23-4)5-10(17)9(11)7-12(18)25-16(21)22/h5-7,21-22H,1-4H3. The maximum atomic E-state index is 12.5. The molecule has 0 saturated carbocycles. The SMILES string of the molecule is COC(=O)c1cc(Cl)c2cc(OB(O)O)n(C(=O)OC(C)(C)C)c2c1. The lowest BCUT2D eigenvalue weighted by atomic mass is 10.1. The lowest BCUT2D eigenvalue weighted by molar-refractivity contribution is 0.0532. The van der Waals surface area contributed by atoms with Crippen molar-refractivity contribution in [3.8, 4) is 5.88 Å². The summed E-state index contributed by atoms with van der Waals surface area (Å²) in [6.45, 7) is 5.01. The van der Waals surface area contributed by atoms with Crippen molar-refractivity contribution < 1.29 is 33.8 Å². The molecule has 8 nitrogen and oxygen atoms in total. The molecule has 0 bridgehead atoms. The van der Waals surface area contributed by atoms with Crippen LogP contribution in [0.15, 0.2) is 18.2 Å². The molecule has 2 N–H and O–H groups in total. The van der Waals surface area contributed by atoms with Gasteiger partial charge in [0.25, 0.3) is 0 Å². The molecule has 0 aliphatic carbocycles. The van der Waals surface area contributed by atoms with Crippen LogP contribution in [0.2, 0.25) is 5.02 Å². The first-order valence-electron chi connectivity index (χ1n) is 7.23. The van der Waals surface area contributed by atoms with Gasteiger partial charge < -0.3 is 24.2 Å². The summed E-state index contributed by atoms with van der Waals surface area (Å²) >= 11 is 6.17. The normalized spacial score (nSPS) is 11.3.